The van der Waals surface area contributed by atoms with Crippen LogP contribution in [0.15, 0.2) is 0 Å². The molecule has 0 heterocycles. The quantitative estimate of drug-likeness (QED) is 0.487. The zero-order valence-corrected chi connectivity index (χ0v) is 5.29. The first-order valence-corrected chi connectivity index (χ1v) is 2.77. The van der Waals surface area contributed by atoms with Crippen molar-refractivity contribution in [2.45, 2.75) is 18.9 Å². The zero-order chi connectivity index (χ0) is 7.82. The molecule has 2 radical (unpaired) electrons. The van der Waals surface area contributed by atoms with Crippen LogP contribution in [0.1, 0.15) is 12.8 Å². The van der Waals surface area contributed by atoms with E-state index >= 15 is 0 Å². The van der Waals surface area contributed by atoms with Gasteiger partial charge in [-0.15, -0.1) is 0 Å². The number of amides is 1. The average molecular weight is 141 g/mol. The molecule has 4 heteroatoms. The Labute approximate surface area is 58.6 Å². The number of carbonyl (C=O) groups is 1. The smallest absolute Gasteiger partial charge is 0.222 e. The Morgan fingerprint density at radius 3 is 2.60 bits per heavy atom. The summed E-state index contributed by atoms with van der Waals surface area (Å²) >= 11 is 0. The molecular weight excluding hydrogens is 134 g/mol. The molecule has 0 aromatic carbocycles. The number of rotatable bonds is 6. The molecule has 1 unspecified atom stereocenters. The van der Waals surface area contributed by atoms with Crippen molar-refractivity contribution < 1.29 is 14.4 Å². The molecule has 1 amide bonds. The van der Waals surface area contributed by atoms with Gasteiger partial charge < -0.3 is 5.32 Å². The Balaban J connectivity index is 3.47. The second-order valence-corrected chi connectivity index (χ2v) is 1.64. The van der Waals surface area contributed by atoms with E-state index in [1.807, 2.05) is 0 Å². The molecule has 0 saturated heterocycles. The molecular formula is C6H7NO3. The second kappa shape index (κ2) is 5.94. The zero-order valence-electron chi connectivity index (χ0n) is 5.29. The SMILES string of the molecule is O=[C]CCC([C]=O)NC=O. The summed E-state index contributed by atoms with van der Waals surface area (Å²) in [4.78, 5) is 29.3. The Hall–Kier alpha value is -1.19. The van der Waals surface area contributed by atoms with E-state index in [1.54, 1.807) is 12.6 Å². The van der Waals surface area contributed by atoms with Crippen molar-refractivity contribution >= 4 is 19.0 Å². The monoisotopic (exact) mass is 141 g/mol. The van der Waals surface area contributed by atoms with Gasteiger partial charge in [0.25, 0.3) is 0 Å². The molecule has 0 saturated carbocycles. The molecule has 0 spiro atoms. The van der Waals surface area contributed by atoms with Crippen molar-refractivity contribution in [2.75, 3.05) is 0 Å². The van der Waals surface area contributed by atoms with Gasteiger partial charge in [-0.3, -0.25) is 14.4 Å². The Morgan fingerprint density at radius 2 is 2.20 bits per heavy atom. The van der Waals surface area contributed by atoms with Gasteiger partial charge in [0.2, 0.25) is 12.7 Å². The van der Waals surface area contributed by atoms with Gasteiger partial charge in [-0.1, -0.05) is 0 Å². The van der Waals surface area contributed by atoms with Gasteiger partial charge in [0.1, 0.15) is 0 Å². The van der Waals surface area contributed by atoms with Crippen molar-refractivity contribution in [2.24, 2.45) is 0 Å². The van der Waals surface area contributed by atoms with Crippen LogP contribution in [0.3, 0.4) is 0 Å². The molecule has 0 bridgehead atoms. The maximum atomic E-state index is 9.92. The van der Waals surface area contributed by atoms with Crippen molar-refractivity contribution in [3.63, 3.8) is 0 Å². The van der Waals surface area contributed by atoms with E-state index < -0.39 is 6.04 Å². The van der Waals surface area contributed by atoms with Crippen LogP contribution in [0, 0.1) is 0 Å². The van der Waals surface area contributed by atoms with Crippen LogP contribution in [0.2, 0.25) is 0 Å². The van der Waals surface area contributed by atoms with Crippen LogP contribution in [0.5, 0.6) is 0 Å². The molecule has 54 valence electrons. The molecule has 4 nitrogen and oxygen atoms in total. The number of nitrogens with one attached hydrogen (secondary N) is 1. The maximum absolute atomic E-state index is 9.92. The standard InChI is InChI=1S/C6H7NO3/c8-3-1-2-6(4-9)7-5-10/h5-6H,1-2H2,(H,7,10). The van der Waals surface area contributed by atoms with Crippen LogP contribution >= 0.6 is 0 Å². The molecule has 0 aliphatic rings. The highest BCUT2D eigenvalue weighted by atomic mass is 16.1. The summed E-state index contributed by atoms with van der Waals surface area (Å²) in [5.74, 6) is 0. The molecule has 1 N–H and O–H groups in total. The van der Waals surface area contributed by atoms with E-state index in [-0.39, 0.29) is 12.8 Å². The third-order valence-electron chi connectivity index (χ3n) is 0.947. The van der Waals surface area contributed by atoms with Gasteiger partial charge >= 0.3 is 0 Å². The van der Waals surface area contributed by atoms with Gasteiger partial charge in [-0.05, 0) is 6.42 Å². The minimum atomic E-state index is -0.668. The molecule has 0 fully saturated rings. The first kappa shape index (κ1) is 8.81. The summed E-state index contributed by atoms with van der Waals surface area (Å²) < 4.78 is 0. The number of hydrogen-bond donors (Lipinski definition) is 1. The van der Waals surface area contributed by atoms with Gasteiger partial charge in [0, 0.05) is 6.42 Å². The lowest BCUT2D eigenvalue weighted by atomic mass is 10.2. The largest absolute Gasteiger partial charge is 0.348 e. The van der Waals surface area contributed by atoms with Crippen molar-refractivity contribution in [1.29, 1.82) is 0 Å². The van der Waals surface area contributed by atoms with Crippen molar-refractivity contribution in [3.8, 4) is 0 Å². The third kappa shape index (κ3) is 3.77. The fourth-order valence-corrected chi connectivity index (χ4v) is 0.462. The second-order valence-electron chi connectivity index (χ2n) is 1.64. The summed E-state index contributed by atoms with van der Waals surface area (Å²) in [5, 5.41) is 2.18. The van der Waals surface area contributed by atoms with Crippen molar-refractivity contribution in [3.05, 3.63) is 0 Å². The minimum absolute atomic E-state index is 0.140. The number of carbonyl (C=O) groups excluding carboxylic acids is 3. The predicted octanol–water partition coefficient (Wildman–Crippen LogP) is -0.899. The highest BCUT2D eigenvalue weighted by Gasteiger charge is 2.04. The minimum Gasteiger partial charge on any atom is -0.348 e. The first-order valence-electron chi connectivity index (χ1n) is 2.77. The number of hydrogen-bond acceptors (Lipinski definition) is 3. The summed E-state index contributed by atoms with van der Waals surface area (Å²) in [7, 11) is 0. The summed E-state index contributed by atoms with van der Waals surface area (Å²) in [6.07, 6.45) is 3.98. The van der Waals surface area contributed by atoms with Crippen LogP contribution in [-0.4, -0.2) is 25.0 Å². The van der Waals surface area contributed by atoms with Crippen LogP contribution < -0.4 is 5.32 Å². The van der Waals surface area contributed by atoms with Gasteiger partial charge in [-0.2, -0.15) is 0 Å². The van der Waals surface area contributed by atoms with Gasteiger partial charge in [0.05, 0.1) is 6.04 Å². The molecule has 0 aromatic heterocycles. The predicted molar refractivity (Wildman–Crippen MR) is 33.6 cm³/mol. The molecule has 0 aromatic rings. The highest BCUT2D eigenvalue weighted by molar-refractivity contribution is 5.65. The first-order chi connectivity index (χ1) is 4.85. The molecule has 10 heavy (non-hydrogen) atoms. The average Bonchev–Trinajstić information content (AvgIpc) is 1.98. The highest BCUT2D eigenvalue weighted by Crippen LogP contribution is 1.89. The Morgan fingerprint density at radius 1 is 1.50 bits per heavy atom. The molecule has 1 atom stereocenters. The topological polar surface area (TPSA) is 63.2 Å². The summed E-state index contributed by atoms with van der Waals surface area (Å²) in [5.41, 5.74) is 0. The van der Waals surface area contributed by atoms with Crippen LogP contribution in [-0.2, 0) is 14.4 Å². The summed E-state index contributed by atoms with van der Waals surface area (Å²) in [6, 6.07) is -0.668. The summed E-state index contributed by atoms with van der Waals surface area (Å²) in [6.45, 7) is 0. The van der Waals surface area contributed by atoms with E-state index in [0.29, 0.717) is 6.41 Å². The fourth-order valence-electron chi connectivity index (χ4n) is 0.462. The van der Waals surface area contributed by atoms with E-state index in [2.05, 4.69) is 5.32 Å². The lowest BCUT2D eigenvalue weighted by Gasteiger charge is -2.02. The Bertz CT molecular complexity index is 124. The van der Waals surface area contributed by atoms with E-state index in [1.165, 1.54) is 0 Å². The van der Waals surface area contributed by atoms with E-state index in [9.17, 15) is 14.4 Å². The van der Waals surface area contributed by atoms with Crippen LogP contribution in [0.25, 0.3) is 0 Å². The third-order valence-corrected chi connectivity index (χ3v) is 0.947. The van der Waals surface area contributed by atoms with E-state index in [4.69, 9.17) is 0 Å². The lowest BCUT2D eigenvalue weighted by molar-refractivity contribution is -0.109. The lowest BCUT2D eigenvalue weighted by Crippen LogP contribution is -2.28. The van der Waals surface area contributed by atoms with E-state index in [0.717, 1.165) is 0 Å². The molecule has 0 aliphatic heterocycles. The van der Waals surface area contributed by atoms with Crippen LogP contribution in [0.4, 0.5) is 0 Å². The fraction of sp³-hybridized carbons (Fsp3) is 0.500. The van der Waals surface area contributed by atoms with Gasteiger partial charge in [-0.25, -0.2) is 0 Å². The Kier molecular flexibility index (Phi) is 5.23. The maximum Gasteiger partial charge on any atom is 0.222 e. The van der Waals surface area contributed by atoms with Gasteiger partial charge in [0.15, 0.2) is 6.29 Å². The normalized spacial score (nSPS) is 11.6. The molecule has 0 aliphatic carbocycles. The molecule has 0 rings (SSSR count). The van der Waals surface area contributed by atoms with Crippen molar-refractivity contribution in [1.82, 2.24) is 5.32 Å².